The quantitative estimate of drug-likeness (QED) is 0.736. The van der Waals surface area contributed by atoms with Gasteiger partial charge in [-0.1, -0.05) is 13.8 Å². The summed E-state index contributed by atoms with van der Waals surface area (Å²) in [7, 11) is 0. The van der Waals surface area contributed by atoms with Crippen molar-refractivity contribution in [3.63, 3.8) is 0 Å². The third-order valence-corrected chi connectivity index (χ3v) is 4.43. The molecule has 7 nitrogen and oxygen atoms in total. The molecule has 0 saturated heterocycles. The number of carbonyl (C=O) groups excluding carboxylic acids is 1. The van der Waals surface area contributed by atoms with E-state index >= 15 is 0 Å². The summed E-state index contributed by atoms with van der Waals surface area (Å²) in [6.07, 6.45) is 0.795. The number of benzene rings is 1. The molecule has 1 aliphatic rings. The van der Waals surface area contributed by atoms with E-state index in [0.29, 0.717) is 23.5 Å². The molecule has 3 rings (SSSR count). The van der Waals surface area contributed by atoms with Crippen LogP contribution in [-0.2, 0) is 12.8 Å². The van der Waals surface area contributed by atoms with E-state index in [1.807, 2.05) is 0 Å². The highest BCUT2D eigenvalue weighted by molar-refractivity contribution is 6.01. The first-order chi connectivity index (χ1) is 12.6. The van der Waals surface area contributed by atoms with Crippen LogP contribution in [0, 0.1) is 5.92 Å². The lowest BCUT2D eigenvalue weighted by Gasteiger charge is -2.33. The van der Waals surface area contributed by atoms with Crippen LogP contribution in [0.15, 0.2) is 33.5 Å². The number of ether oxygens (including phenoxy) is 1. The van der Waals surface area contributed by atoms with Gasteiger partial charge in [-0.15, -0.1) is 0 Å². The van der Waals surface area contributed by atoms with E-state index in [1.54, 1.807) is 6.07 Å². The number of aromatic hydroxyl groups is 2. The highest BCUT2D eigenvalue weighted by Crippen LogP contribution is 2.39. The molecule has 1 atom stereocenters. The molecule has 1 aromatic heterocycles. The predicted molar refractivity (Wildman–Crippen MR) is 96.1 cm³/mol. The Morgan fingerprint density at radius 1 is 1.11 bits per heavy atom. The number of phenolic OH excluding ortho intramolecular Hbond substituents is 1. The fourth-order valence-electron chi connectivity index (χ4n) is 3.25. The van der Waals surface area contributed by atoms with Crippen molar-refractivity contribution in [1.29, 1.82) is 0 Å². The van der Waals surface area contributed by atoms with Crippen molar-refractivity contribution in [2.75, 3.05) is 0 Å². The third-order valence-electron chi connectivity index (χ3n) is 4.43. The number of hydrogen-bond acceptors (Lipinski definition) is 7. The zero-order valence-electron chi connectivity index (χ0n) is 15.2. The summed E-state index contributed by atoms with van der Waals surface area (Å²) in [6, 6.07) is 4.91. The van der Waals surface area contributed by atoms with Crippen molar-refractivity contribution in [1.82, 2.24) is 0 Å². The van der Waals surface area contributed by atoms with Crippen molar-refractivity contribution in [3.8, 4) is 17.2 Å². The van der Waals surface area contributed by atoms with Crippen LogP contribution in [0.5, 0.6) is 17.2 Å². The van der Waals surface area contributed by atoms with E-state index < -0.39 is 11.4 Å². The van der Waals surface area contributed by atoms with Gasteiger partial charge in [0.1, 0.15) is 23.0 Å². The number of ketones is 1. The summed E-state index contributed by atoms with van der Waals surface area (Å²) in [4.78, 5) is 24.1. The van der Waals surface area contributed by atoms with E-state index in [-0.39, 0.29) is 41.6 Å². The first-order valence-electron chi connectivity index (χ1n) is 8.79. The van der Waals surface area contributed by atoms with Gasteiger partial charge in [0.2, 0.25) is 5.79 Å². The smallest absolute Gasteiger partial charge is 0.339 e. The Morgan fingerprint density at radius 3 is 2.48 bits per heavy atom. The van der Waals surface area contributed by atoms with Gasteiger partial charge >= 0.3 is 5.63 Å². The number of fused-ring (bicyclic) bond motifs is 1. The summed E-state index contributed by atoms with van der Waals surface area (Å²) < 4.78 is 10.6. The molecule has 0 spiro atoms. The molecule has 0 fully saturated rings. The van der Waals surface area contributed by atoms with E-state index in [9.17, 15) is 24.9 Å². The van der Waals surface area contributed by atoms with Gasteiger partial charge in [0.05, 0.1) is 24.5 Å². The highest BCUT2D eigenvalue weighted by atomic mass is 16.6. The average Bonchev–Trinajstić information content (AvgIpc) is 2.49. The molecule has 1 aliphatic heterocycles. The average molecular weight is 374 g/mol. The van der Waals surface area contributed by atoms with Gasteiger partial charge in [-0.2, -0.15) is 0 Å². The van der Waals surface area contributed by atoms with Crippen LogP contribution < -0.4 is 10.4 Å². The van der Waals surface area contributed by atoms with Crippen molar-refractivity contribution in [3.05, 3.63) is 51.6 Å². The lowest BCUT2D eigenvalue weighted by molar-refractivity contribution is -0.140. The monoisotopic (exact) mass is 374 g/mol. The molecular formula is C20H22O7. The molecule has 27 heavy (non-hydrogen) atoms. The number of carbonyl (C=O) groups is 1. The van der Waals surface area contributed by atoms with Gasteiger partial charge in [-0.05, 0) is 30.4 Å². The maximum atomic E-state index is 12.7. The summed E-state index contributed by atoms with van der Waals surface area (Å²) >= 11 is 0. The van der Waals surface area contributed by atoms with Gasteiger partial charge < -0.3 is 24.5 Å². The summed E-state index contributed by atoms with van der Waals surface area (Å²) in [5.74, 6) is -2.13. The number of rotatable bonds is 5. The molecule has 0 saturated carbocycles. The van der Waals surface area contributed by atoms with Crippen molar-refractivity contribution >= 4 is 5.78 Å². The van der Waals surface area contributed by atoms with Crippen LogP contribution in [-0.4, -0.2) is 26.9 Å². The number of Topliss-reactive ketones (excluding diaryl/α,β-unsaturated/α-hetero) is 1. The molecule has 3 N–H and O–H groups in total. The Kier molecular flexibility index (Phi) is 4.97. The Balaban J connectivity index is 1.93. The lowest BCUT2D eigenvalue weighted by Crippen LogP contribution is -2.44. The summed E-state index contributed by atoms with van der Waals surface area (Å²) in [5.41, 5.74) is 0.259. The fourth-order valence-corrected chi connectivity index (χ4v) is 3.25. The molecule has 7 heteroatoms. The van der Waals surface area contributed by atoms with E-state index in [4.69, 9.17) is 9.15 Å². The minimum Gasteiger partial charge on any atom is -0.508 e. The van der Waals surface area contributed by atoms with Crippen LogP contribution in [0.3, 0.4) is 0 Å². The molecule has 0 amide bonds. The highest BCUT2D eigenvalue weighted by Gasteiger charge is 2.41. The predicted octanol–water partition coefficient (Wildman–Crippen LogP) is 2.54. The first-order valence-corrected chi connectivity index (χ1v) is 8.79. The Labute approximate surface area is 155 Å². The number of hydrogen-bond donors (Lipinski definition) is 3. The van der Waals surface area contributed by atoms with Crippen molar-refractivity contribution < 1.29 is 29.3 Å². The maximum Gasteiger partial charge on any atom is 0.339 e. The zero-order chi connectivity index (χ0) is 19.8. The zero-order valence-corrected chi connectivity index (χ0v) is 15.2. The summed E-state index contributed by atoms with van der Waals surface area (Å²) in [6.45, 7) is 4.13. The normalized spacial score (nSPS) is 19.0. The summed E-state index contributed by atoms with van der Waals surface area (Å²) in [5, 5.41) is 30.3. The Hall–Kier alpha value is -2.80. The molecule has 144 valence electrons. The van der Waals surface area contributed by atoms with Gasteiger partial charge in [0.15, 0.2) is 5.78 Å². The van der Waals surface area contributed by atoms with E-state index in [1.165, 1.54) is 12.1 Å². The fraction of sp³-hybridized carbons (Fsp3) is 0.400. The van der Waals surface area contributed by atoms with E-state index in [0.717, 1.165) is 12.5 Å². The maximum absolute atomic E-state index is 12.7. The van der Waals surface area contributed by atoms with Gasteiger partial charge in [0.25, 0.3) is 0 Å². The van der Waals surface area contributed by atoms with Gasteiger partial charge in [0, 0.05) is 12.1 Å². The number of aryl methyl sites for hydroxylation is 1. The largest absolute Gasteiger partial charge is 0.508 e. The number of phenols is 1. The van der Waals surface area contributed by atoms with Crippen molar-refractivity contribution in [2.45, 2.75) is 45.3 Å². The van der Waals surface area contributed by atoms with Crippen LogP contribution in [0.4, 0.5) is 0 Å². The molecule has 2 aromatic rings. The molecular weight excluding hydrogens is 352 g/mol. The Bertz CT molecular complexity index is 928. The molecule has 0 aliphatic carbocycles. The molecule has 0 unspecified atom stereocenters. The molecule has 0 bridgehead atoms. The second-order valence-electron chi connectivity index (χ2n) is 7.34. The van der Waals surface area contributed by atoms with Crippen molar-refractivity contribution in [2.24, 2.45) is 5.92 Å². The molecule has 0 radical (unpaired) electrons. The van der Waals surface area contributed by atoms with Crippen LogP contribution in [0.25, 0.3) is 0 Å². The molecule has 2 heterocycles. The molecule has 1 aromatic carbocycles. The third kappa shape index (κ3) is 4.31. The number of aliphatic hydroxyl groups is 1. The van der Waals surface area contributed by atoms with Gasteiger partial charge in [-0.3, -0.25) is 4.79 Å². The second kappa shape index (κ2) is 7.08. The second-order valence-corrected chi connectivity index (χ2v) is 7.34. The van der Waals surface area contributed by atoms with Crippen LogP contribution in [0.2, 0.25) is 0 Å². The minimum atomic E-state index is -1.95. The van der Waals surface area contributed by atoms with Gasteiger partial charge in [-0.25, -0.2) is 4.79 Å². The Morgan fingerprint density at radius 2 is 1.81 bits per heavy atom. The van der Waals surface area contributed by atoms with Crippen LogP contribution >= 0.6 is 0 Å². The minimum absolute atomic E-state index is 0.0149. The van der Waals surface area contributed by atoms with Crippen LogP contribution in [0.1, 0.15) is 48.4 Å². The standard InChI is InChI=1S/C20H22O7/c1-11(2)3-4-12-5-13(21)7-17-19(12)16(23)10-20(25,27-17)9-15-6-14(22)8-18(24)26-15/h5-8,11,21-22,25H,3-4,9-10H2,1-2H3/t20-/m1/s1. The topological polar surface area (TPSA) is 117 Å². The lowest BCUT2D eigenvalue weighted by atomic mass is 9.89. The SMILES string of the molecule is CC(C)CCc1cc(O)cc2c1C(=O)C[C@@](O)(Cc1cc(O)cc(=O)o1)O2. The van der Waals surface area contributed by atoms with E-state index in [2.05, 4.69) is 13.8 Å². The first kappa shape index (κ1) is 19.0.